The van der Waals surface area contributed by atoms with Crippen LogP contribution in [-0.4, -0.2) is 21.9 Å². The summed E-state index contributed by atoms with van der Waals surface area (Å²) in [4.78, 5) is 4.14. The lowest BCUT2D eigenvalue weighted by atomic mass is 10.2. The first-order valence-electron chi connectivity index (χ1n) is 5.58. The van der Waals surface area contributed by atoms with Gasteiger partial charge in [0.1, 0.15) is 5.82 Å². The third kappa shape index (κ3) is 2.75. The minimum Gasteiger partial charge on any atom is -0.481 e. The first-order chi connectivity index (χ1) is 8.33. The normalized spacial score (nSPS) is 10.2. The molecule has 0 spiro atoms. The summed E-state index contributed by atoms with van der Waals surface area (Å²) in [6.07, 6.45) is 3.66. The summed E-state index contributed by atoms with van der Waals surface area (Å²) in [5.74, 6) is 1.51. The number of aryl methyl sites for hydroxylation is 1. The zero-order valence-corrected chi connectivity index (χ0v) is 10.1. The molecule has 0 atom stereocenters. The van der Waals surface area contributed by atoms with Crippen molar-refractivity contribution >= 4 is 5.82 Å². The summed E-state index contributed by atoms with van der Waals surface area (Å²) in [5, 5.41) is 7.58. The summed E-state index contributed by atoms with van der Waals surface area (Å²) >= 11 is 0. The van der Waals surface area contributed by atoms with E-state index < -0.39 is 0 Å². The van der Waals surface area contributed by atoms with Crippen molar-refractivity contribution in [2.45, 2.75) is 20.0 Å². The molecule has 5 nitrogen and oxygen atoms in total. The van der Waals surface area contributed by atoms with Crippen molar-refractivity contribution < 1.29 is 4.74 Å². The van der Waals surface area contributed by atoms with E-state index in [2.05, 4.69) is 22.3 Å². The minimum absolute atomic E-state index is 0.648. The minimum atomic E-state index is 0.648. The Morgan fingerprint density at radius 2 is 2.29 bits per heavy atom. The van der Waals surface area contributed by atoms with E-state index in [9.17, 15) is 0 Å². The Morgan fingerprint density at radius 3 is 3.00 bits per heavy atom. The summed E-state index contributed by atoms with van der Waals surface area (Å²) in [7, 11) is 1.62. The van der Waals surface area contributed by atoms with E-state index >= 15 is 0 Å². The number of aromatic nitrogens is 3. The molecule has 0 saturated heterocycles. The molecule has 0 unspecified atom stereocenters. The Bertz CT molecular complexity index is 481. The van der Waals surface area contributed by atoms with Crippen molar-refractivity contribution in [3.05, 3.63) is 36.2 Å². The molecule has 1 N–H and O–H groups in total. The van der Waals surface area contributed by atoms with Gasteiger partial charge in [-0.1, -0.05) is 6.07 Å². The zero-order valence-electron chi connectivity index (χ0n) is 10.1. The second-order valence-electron chi connectivity index (χ2n) is 3.58. The molecule has 0 radical (unpaired) electrons. The lowest BCUT2D eigenvalue weighted by Crippen LogP contribution is -2.04. The molecule has 0 aliphatic carbocycles. The highest BCUT2D eigenvalue weighted by atomic mass is 16.5. The fourth-order valence-corrected chi connectivity index (χ4v) is 1.56. The number of hydrogen-bond donors (Lipinski definition) is 1. The van der Waals surface area contributed by atoms with Crippen LogP contribution in [0.4, 0.5) is 5.82 Å². The van der Waals surface area contributed by atoms with Gasteiger partial charge in [-0.05, 0) is 13.0 Å². The Balaban J connectivity index is 2.01. The van der Waals surface area contributed by atoms with Crippen molar-refractivity contribution in [3.8, 4) is 5.88 Å². The third-order valence-corrected chi connectivity index (χ3v) is 2.47. The van der Waals surface area contributed by atoms with Gasteiger partial charge in [-0.3, -0.25) is 4.68 Å². The van der Waals surface area contributed by atoms with Crippen molar-refractivity contribution in [2.24, 2.45) is 0 Å². The average molecular weight is 232 g/mol. The molecule has 0 fully saturated rings. The van der Waals surface area contributed by atoms with Gasteiger partial charge >= 0.3 is 0 Å². The lowest BCUT2D eigenvalue weighted by molar-refractivity contribution is 0.393. The van der Waals surface area contributed by atoms with E-state index in [1.54, 1.807) is 13.3 Å². The average Bonchev–Trinajstić information content (AvgIpc) is 2.84. The van der Waals surface area contributed by atoms with E-state index in [1.807, 2.05) is 29.1 Å². The molecule has 5 heteroatoms. The van der Waals surface area contributed by atoms with Crippen LogP contribution in [-0.2, 0) is 13.1 Å². The van der Waals surface area contributed by atoms with Gasteiger partial charge in [0.05, 0.1) is 7.11 Å². The van der Waals surface area contributed by atoms with E-state index in [1.165, 1.54) is 0 Å². The Kier molecular flexibility index (Phi) is 3.59. The Hall–Kier alpha value is -2.04. The number of methoxy groups -OCH3 is 1. The maximum atomic E-state index is 5.18. The van der Waals surface area contributed by atoms with Crippen LogP contribution >= 0.6 is 0 Å². The van der Waals surface area contributed by atoms with Crippen molar-refractivity contribution in [3.63, 3.8) is 0 Å². The number of anilines is 1. The van der Waals surface area contributed by atoms with E-state index in [0.717, 1.165) is 17.9 Å². The van der Waals surface area contributed by atoms with Crippen molar-refractivity contribution in [2.75, 3.05) is 12.4 Å². The van der Waals surface area contributed by atoms with Crippen LogP contribution < -0.4 is 10.1 Å². The molecule has 0 bridgehead atoms. The van der Waals surface area contributed by atoms with Crippen LogP contribution in [0.15, 0.2) is 30.6 Å². The first kappa shape index (κ1) is 11.4. The summed E-state index contributed by atoms with van der Waals surface area (Å²) in [5.41, 5.74) is 1.01. The zero-order chi connectivity index (χ0) is 12.1. The van der Waals surface area contributed by atoms with Crippen LogP contribution in [0.3, 0.4) is 0 Å². The van der Waals surface area contributed by atoms with Crippen LogP contribution in [0, 0.1) is 0 Å². The van der Waals surface area contributed by atoms with Gasteiger partial charge in [0.2, 0.25) is 5.88 Å². The van der Waals surface area contributed by atoms with Gasteiger partial charge in [0, 0.05) is 37.1 Å². The first-order valence-corrected chi connectivity index (χ1v) is 5.58. The molecule has 2 aromatic rings. The number of rotatable bonds is 5. The third-order valence-electron chi connectivity index (χ3n) is 2.47. The quantitative estimate of drug-likeness (QED) is 0.855. The maximum absolute atomic E-state index is 5.18. The molecule has 0 aliphatic rings. The van der Waals surface area contributed by atoms with E-state index in [-0.39, 0.29) is 0 Å². The molecule has 0 saturated carbocycles. The van der Waals surface area contributed by atoms with Crippen LogP contribution in [0.5, 0.6) is 5.88 Å². The van der Waals surface area contributed by atoms with Crippen LogP contribution in [0.1, 0.15) is 12.5 Å². The van der Waals surface area contributed by atoms with Gasteiger partial charge in [0.15, 0.2) is 0 Å². The van der Waals surface area contributed by atoms with Gasteiger partial charge in [-0.15, -0.1) is 0 Å². The molecule has 17 heavy (non-hydrogen) atoms. The predicted molar refractivity (Wildman–Crippen MR) is 66.0 cm³/mol. The summed E-state index contributed by atoms with van der Waals surface area (Å²) in [6.45, 7) is 3.58. The highest BCUT2D eigenvalue weighted by Gasteiger charge is 2.03. The SMILES string of the molecule is CCn1ccc(NCc2cccnc2OC)n1. The van der Waals surface area contributed by atoms with Gasteiger partial charge in [-0.2, -0.15) is 5.10 Å². The molecule has 90 valence electrons. The Morgan fingerprint density at radius 1 is 1.41 bits per heavy atom. The maximum Gasteiger partial charge on any atom is 0.218 e. The predicted octanol–water partition coefficient (Wildman–Crippen LogP) is 1.92. The monoisotopic (exact) mass is 232 g/mol. The molecule has 2 heterocycles. The molecule has 2 aromatic heterocycles. The van der Waals surface area contributed by atoms with Gasteiger partial charge < -0.3 is 10.1 Å². The number of ether oxygens (including phenoxy) is 1. The number of nitrogens with zero attached hydrogens (tertiary/aromatic N) is 3. The highest BCUT2D eigenvalue weighted by molar-refractivity contribution is 5.36. The van der Waals surface area contributed by atoms with Gasteiger partial charge in [0.25, 0.3) is 0 Å². The van der Waals surface area contributed by atoms with Crippen LogP contribution in [0.2, 0.25) is 0 Å². The highest BCUT2D eigenvalue weighted by Crippen LogP contribution is 2.15. The number of nitrogens with one attached hydrogen (secondary N) is 1. The molecule has 0 amide bonds. The summed E-state index contributed by atoms with van der Waals surface area (Å²) in [6, 6.07) is 5.83. The standard InChI is InChI=1S/C12H16N4O/c1-3-16-8-6-11(15-16)14-9-10-5-4-7-13-12(10)17-2/h4-8H,3,9H2,1-2H3,(H,14,15). The van der Waals surface area contributed by atoms with Crippen molar-refractivity contribution in [1.82, 2.24) is 14.8 Å². The molecule has 2 rings (SSSR count). The fraction of sp³-hybridized carbons (Fsp3) is 0.333. The fourth-order valence-electron chi connectivity index (χ4n) is 1.56. The second kappa shape index (κ2) is 5.34. The molecular formula is C12H16N4O. The second-order valence-corrected chi connectivity index (χ2v) is 3.58. The number of hydrogen-bond acceptors (Lipinski definition) is 4. The summed E-state index contributed by atoms with van der Waals surface area (Å²) < 4.78 is 7.06. The molecular weight excluding hydrogens is 216 g/mol. The van der Waals surface area contributed by atoms with Gasteiger partial charge in [-0.25, -0.2) is 4.98 Å². The van der Waals surface area contributed by atoms with E-state index in [0.29, 0.717) is 12.4 Å². The lowest BCUT2D eigenvalue weighted by Gasteiger charge is -2.07. The molecule has 0 aromatic carbocycles. The smallest absolute Gasteiger partial charge is 0.218 e. The molecule has 0 aliphatic heterocycles. The van der Waals surface area contributed by atoms with Crippen molar-refractivity contribution in [1.29, 1.82) is 0 Å². The van der Waals surface area contributed by atoms with E-state index in [4.69, 9.17) is 4.74 Å². The topological polar surface area (TPSA) is 52.0 Å². The number of pyridine rings is 1. The Labute approximate surface area is 100 Å². The van der Waals surface area contributed by atoms with Crippen LogP contribution in [0.25, 0.3) is 0 Å². The largest absolute Gasteiger partial charge is 0.481 e.